The number of benzene rings is 1. The third-order valence-corrected chi connectivity index (χ3v) is 5.89. The van der Waals surface area contributed by atoms with Gasteiger partial charge in [-0.25, -0.2) is 9.45 Å². The first-order valence-corrected chi connectivity index (χ1v) is 9.47. The van der Waals surface area contributed by atoms with Crippen molar-refractivity contribution in [1.82, 2.24) is 5.06 Å². The van der Waals surface area contributed by atoms with Gasteiger partial charge < -0.3 is 0 Å². The second kappa shape index (κ2) is 7.62. The normalized spacial score (nSPS) is 27.0. The fraction of sp³-hybridized carbons (Fsp3) is 0.556. The molecule has 1 aliphatic carbocycles. The highest BCUT2D eigenvalue weighted by molar-refractivity contribution is 9.09. The smallest absolute Gasteiger partial charge is 0.249 e. The summed E-state index contributed by atoms with van der Waals surface area (Å²) < 4.78 is 13.7. The molecular weight excluding hydrogens is 375 g/mol. The van der Waals surface area contributed by atoms with Crippen LogP contribution in [0.3, 0.4) is 0 Å². The summed E-state index contributed by atoms with van der Waals surface area (Å²) in [6.45, 7) is 0.436. The zero-order valence-corrected chi connectivity index (χ0v) is 15.0. The van der Waals surface area contributed by atoms with E-state index < -0.39 is 5.82 Å². The average Bonchev–Trinajstić information content (AvgIpc) is 3.10. The maximum Gasteiger partial charge on any atom is 0.249 e. The minimum Gasteiger partial charge on any atom is -0.272 e. The van der Waals surface area contributed by atoms with Gasteiger partial charge in [0.1, 0.15) is 5.82 Å². The molecule has 6 heteroatoms. The Labute approximate surface area is 149 Å². The fourth-order valence-electron chi connectivity index (χ4n) is 3.60. The molecule has 0 spiro atoms. The predicted octanol–water partition coefficient (Wildman–Crippen LogP) is 4.10. The molecule has 1 aromatic rings. The summed E-state index contributed by atoms with van der Waals surface area (Å²) in [5, 5.41) is 11.4. The lowest BCUT2D eigenvalue weighted by Gasteiger charge is -2.31. The van der Waals surface area contributed by atoms with Gasteiger partial charge in [0.2, 0.25) is 5.91 Å². The van der Waals surface area contributed by atoms with Crippen LogP contribution in [0.1, 0.15) is 49.3 Å². The Morgan fingerprint density at radius 1 is 1.29 bits per heavy atom. The number of nitrogens with zero attached hydrogens (tertiary/aromatic N) is 2. The van der Waals surface area contributed by atoms with Crippen LogP contribution in [0.2, 0.25) is 0 Å². The number of hydrogen-bond donors (Lipinski definition) is 0. The first-order chi connectivity index (χ1) is 11.6. The Bertz CT molecular complexity index is 653. The molecule has 0 bridgehead atoms. The summed E-state index contributed by atoms with van der Waals surface area (Å²) in [6, 6.07) is 5.89. The number of carbonyl (C=O) groups excluding carboxylic acids is 1. The molecule has 1 aromatic carbocycles. The minimum atomic E-state index is -0.457. The maximum atomic E-state index is 13.7. The van der Waals surface area contributed by atoms with Crippen molar-refractivity contribution in [1.29, 1.82) is 5.26 Å². The van der Waals surface area contributed by atoms with E-state index in [0.29, 0.717) is 24.5 Å². The quantitative estimate of drug-likeness (QED) is 0.724. The van der Waals surface area contributed by atoms with E-state index in [2.05, 4.69) is 15.9 Å². The van der Waals surface area contributed by atoms with Crippen molar-refractivity contribution in [2.24, 2.45) is 11.8 Å². The van der Waals surface area contributed by atoms with Gasteiger partial charge in [-0.2, -0.15) is 5.26 Å². The van der Waals surface area contributed by atoms with E-state index in [1.165, 1.54) is 17.2 Å². The van der Waals surface area contributed by atoms with Gasteiger partial charge in [-0.15, -0.1) is 0 Å². The molecule has 0 unspecified atom stereocenters. The molecule has 128 valence electrons. The number of alkyl halides is 1. The molecule has 0 N–H and O–H groups in total. The van der Waals surface area contributed by atoms with E-state index in [0.717, 1.165) is 31.0 Å². The zero-order chi connectivity index (χ0) is 17.1. The van der Waals surface area contributed by atoms with Crippen LogP contribution >= 0.6 is 15.9 Å². The highest BCUT2D eigenvalue weighted by atomic mass is 79.9. The van der Waals surface area contributed by atoms with Gasteiger partial charge in [0.25, 0.3) is 0 Å². The summed E-state index contributed by atoms with van der Waals surface area (Å²) in [5.41, 5.74) is 0.897. The Balaban J connectivity index is 1.75. The largest absolute Gasteiger partial charge is 0.272 e. The molecule has 0 radical (unpaired) electrons. The third kappa shape index (κ3) is 3.62. The molecule has 3 rings (SSSR count). The van der Waals surface area contributed by atoms with Gasteiger partial charge in [0, 0.05) is 17.7 Å². The summed E-state index contributed by atoms with van der Waals surface area (Å²) in [7, 11) is 0. The van der Waals surface area contributed by atoms with Crippen molar-refractivity contribution in [2.75, 3.05) is 11.9 Å². The van der Waals surface area contributed by atoms with Crippen LogP contribution in [0.15, 0.2) is 18.2 Å². The van der Waals surface area contributed by atoms with Crippen LogP contribution in [0.4, 0.5) is 4.39 Å². The van der Waals surface area contributed by atoms with Crippen molar-refractivity contribution >= 4 is 21.8 Å². The predicted molar refractivity (Wildman–Crippen MR) is 90.5 cm³/mol. The number of hydrogen-bond acceptors (Lipinski definition) is 3. The molecule has 1 saturated carbocycles. The number of nitriles is 1. The summed E-state index contributed by atoms with van der Waals surface area (Å²) in [5.74, 6) is 0.158. The van der Waals surface area contributed by atoms with Crippen LogP contribution in [0.5, 0.6) is 0 Å². The molecule has 2 aliphatic rings. The van der Waals surface area contributed by atoms with Crippen LogP contribution in [-0.4, -0.2) is 22.9 Å². The molecule has 1 amide bonds. The first-order valence-electron chi connectivity index (χ1n) is 8.35. The Hall–Kier alpha value is -1.45. The van der Waals surface area contributed by atoms with Crippen LogP contribution in [-0.2, 0) is 9.63 Å². The summed E-state index contributed by atoms with van der Waals surface area (Å²) >= 11 is 3.51. The number of rotatable bonds is 3. The minimum absolute atomic E-state index is 0.00621. The maximum absolute atomic E-state index is 13.7. The van der Waals surface area contributed by atoms with Crippen LogP contribution in [0.25, 0.3) is 0 Å². The van der Waals surface area contributed by atoms with Crippen molar-refractivity contribution in [3.05, 3.63) is 35.1 Å². The molecule has 1 saturated heterocycles. The van der Waals surface area contributed by atoms with Crippen molar-refractivity contribution in [2.45, 2.75) is 38.1 Å². The molecule has 4 nitrogen and oxygen atoms in total. The molecule has 1 heterocycles. The van der Waals surface area contributed by atoms with E-state index >= 15 is 0 Å². The van der Waals surface area contributed by atoms with Gasteiger partial charge in [0.15, 0.2) is 0 Å². The van der Waals surface area contributed by atoms with Crippen LogP contribution in [0, 0.1) is 29.0 Å². The van der Waals surface area contributed by atoms with Crippen LogP contribution < -0.4 is 0 Å². The van der Waals surface area contributed by atoms with E-state index in [9.17, 15) is 9.18 Å². The second-order valence-corrected chi connectivity index (χ2v) is 7.21. The topological polar surface area (TPSA) is 53.3 Å². The van der Waals surface area contributed by atoms with Gasteiger partial charge in [-0.1, -0.05) is 15.9 Å². The molecule has 24 heavy (non-hydrogen) atoms. The van der Waals surface area contributed by atoms with Crippen molar-refractivity contribution in [3.63, 3.8) is 0 Å². The monoisotopic (exact) mass is 394 g/mol. The lowest BCUT2D eigenvalue weighted by Crippen LogP contribution is -2.36. The second-order valence-electron chi connectivity index (χ2n) is 6.56. The van der Waals surface area contributed by atoms with E-state index in [1.54, 1.807) is 6.07 Å². The number of amides is 1. The summed E-state index contributed by atoms with van der Waals surface area (Å²) in [4.78, 5) is 18.4. The third-order valence-electron chi connectivity index (χ3n) is 4.97. The molecule has 1 atom stereocenters. The summed E-state index contributed by atoms with van der Waals surface area (Å²) in [6.07, 6.45) is 4.44. The van der Waals surface area contributed by atoms with Gasteiger partial charge in [-0.05, 0) is 55.4 Å². The van der Waals surface area contributed by atoms with Crippen molar-refractivity contribution < 1.29 is 14.0 Å². The highest BCUT2D eigenvalue weighted by Gasteiger charge is 2.37. The Morgan fingerprint density at radius 3 is 2.71 bits per heavy atom. The van der Waals surface area contributed by atoms with E-state index in [4.69, 9.17) is 10.1 Å². The standard InChI is InChI=1S/C18H20BrFN2O2/c19-10-12-1-3-14(4-2-12)18(23)22-17(5-6-24-22)15-7-13(11-21)8-16(20)9-15/h7-9,12,14,17H,1-6,10H2/t12?,14?,17-/m0/s1. The molecule has 1 aliphatic heterocycles. The highest BCUT2D eigenvalue weighted by Crippen LogP contribution is 2.36. The SMILES string of the molecule is N#Cc1cc(F)cc([C@@H]2CCON2C(=O)C2CCC(CBr)CC2)c1. The van der Waals surface area contributed by atoms with E-state index in [1.807, 2.05) is 6.07 Å². The lowest BCUT2D eigenvalue weighted by molar-refractivity contribution is -0.183. The molecule has 2 fully saturated rings. The number of hydroxylamine groups is 2. The van der Waals surface area contributed by atoms with Gasteiger partial charge in [0.05, 0.1) is 24.3 Å². The Morgan fingerprint density at radius 2 is 2.04 bits per heavy atom. The molecular formula is C18H20BrFN2O2. The zero-order valence-electron chi connectivity index (χ0n) is 13.4. The first kappa shape index (κ1) is 17.4. The van der Waals surface area contributed by atoms with Gasteiger partial charge >= 0.3 is 0 Å². The van der Waals surface area contributed by atoms with Crippen molar-refractivity contribution in [3.8, 4) is 6.07 Å². The Kier molecular flexibility index (Phi) is 5.52. The van der Waals surface area contributed by atoms with E-state index in [-0.39, 0.29) is 23.4 Å². The fourth-order valence-corrected chi connectivity index (χ4v) is 4.25. The van der Waals surface area contributed by atoms with Gasteiger partial charge in [-0.3, -0.25) is 9.63 Å². The number of halogens is 2. The number of carbonyl (C=O) groups is 1. The molecule has 0 aromatic heterocycles. The lowest BCUT2D eigenvalue weighted by atomic mass is 9.82. The average molecular weight is 395 g/mol.